The van der Waals surface area contributed by atoms with Crippen LogP contribution in [0.2, 0.25) is 0 Å². The van der Waals surface area contributed by atoms with Crippen LogP contribution in [0.3, 0.4) is 0 Å². The van der Waals surface area contributed by atoms with Gasteiger partial charge in [-0.05, 0) is 0 Å². The number of aliphatic hydroxyl groups is 1. The molecule has 0 radical (unpaired) electrons. The highest BCUT2D eigenvalue weighted by Crippen LogP contribution is 2.18. The van der Waals surface area contributed by atoms with Gasteiger partial charge in [-0.3, -0.25) is 4.79 Å². The third kappa shape index (κ3) is 2.88. The summed E-state index contributed by atoms with van der Waals surface area (Å²) in [7, 11) is 0. The average molecular weight is 269 g/mol. The van der Waals surface area contributed by atoms with Crippen molar-refractivity contribution in [3.05, 3.63) is 11.9 Å². The molecule has 1 aromatic heterocycles. The fourth-order valence-corrected chi connectivity index (χ4v) is 2.06. The number of aliphatic carboxylic acids is 1. The summed E-state index contributed by atoms with van der Waals surface area (Å²) in [6.45, 7) is 0.117. The summed E-state index contributed by atoms with van der Waals surface area (Å²) in [5.41, 5.74) is 5.92. The van der Waals surface area contributed by atoms with Gasteiger partial charge in [-0.1, -0.05) is 5.21 Å². The Bertz CT molecular complexity index is 488. The van der Waals surface area contributed by atoms with E-state index < -0.39 is 24.0 Å². The fraction of sp³-hybridized carbons (Fsp3) is 0.600. The second-order valence-electron chi connectivity index (χ2n) is 4.40. The number of carbonyl (C=O) groups is 2. The molecule has 1 fully saturated rings. The molecule has 1 aliphatic rings. The summed E-state index contributed by atoms with van der Waals surface area (Å²) in [4.78, 5) is 24.2. The second-order valence-corrected chi connectivity index (χ2v) is 4.40. The van der Waals surface area contributed by atoms with Crippen molar-refractivity contribution in [3.63, 3.8) is 0 Å². The van der Waals surface area contributed by atoms with Crippen LogP contribution in [0.15, 0.2) is 6.20 Å². The SMILES string of the molecule is NCc1cn(CC(=O)N2CC(O)C[C@H]2C(=O)O)nn1. The van der Waals surface area contributed by atoms with Crippen LogP contribution < -0.4 is 5.73 Å². The van der Waals surface area contributed by atoms with E-state index in [4.69, 9.17) is 10.8 Å². The van der Waals surface area contributed by atoms with Gasteiger partial charge < -0.3 is 20.8 Å². The standard InChI is InChI=1S/C10H15N5O4/c11-2-6-3-14(13-12-6)5-9(17)15-4-7(16)1-8(15)10(18)19/h3,7-8,16H,1-2,4-5,11H2,(H,18,19)/t7?,8-/m0/s1. The maximum Gasteiger partial charge on any atom is 0.326 e. The molecule has 9 heteroatoms. The Morgan fingerprint density at radius 3 is 2.84 bits per heavy atom. The number of nitrogens with two attached hydrogens (primary N) is 1. The number of amides is 1. The van der Waals surface area contributed by atoms with Gasteiger partial charge in [0, 0.05) is 19.5 Å². The highest BCUT2D eigenvalue weighted by Gasteiger charge is 2.38. The van der Waals surface area contributed by atoms with Crippen LogP contribution >= 0.6 is 0 Å². The molecule has 9 nitrogen and oxygen atoms in total. The minimum absolute atomic E-state index is 0.0221. The minimum atomic E-state index is -1.12. The number of β-amino-alcohol motifs (C(OH)–C–C–N with tert-alkyl or cyclic N) is 1. The molecule has 0 spiro atoms. The van der Waals surface area contributed by atoms with Crippen LogP contribution in [0.25, 0.3) is 0 Å². The third-order valence-electron chi connectivity index (χ3n) is 2.98. The molecule has 19 heavy (non-hydrogen) atoms. The van der Waals surface area contributed by atoms with Crippen molar-refractivity contribution >= 4 is 11.9 Å². The lowest BCUT2D eigenvalue weighted by atomic mass is 10.2. The van der Waals surface area contributed by atoms with E-state index in [0.717, 1.165) is 4.90 Å². The molecular formula is C10H15N5O4. The van der Waals surface area contributed by atoms with Crippen LogP contribution in [0.5, 0.6) is 0 Å². The summed E-state index contributed by atoms with van der Waals surface area (Å²) >= 11 is 0. The van der Waals surface area contributed by atoms with E-state index in [9.17, 15) is 14.7 Å². The maximum atomic E-state index is 12.0. The predicted molar refractivity (Wildman–Crippen MR) is 61.7 cm³/mol. The number of carboxylic acids is 1. The number of likely N-dealkylation sites (tertiary alicyclic amines) is 1. The zero-order valence-corrected chi connectivity index (χ0v) is 10.1. The normalized spacial score (nSPS) is 22.7. The number of rotatable bonds is 4. The molecule has 1 aliphatic heterocycles. The number of nitrogens with zero attached hydrogens (tertiary/aromatic N) is 4. The van der Waals surface area contributed by atoms with Gasteiger partial charge in [0.15, 0.2) is 0 Å². The Labute approximate surface area is 108 Å². The smallest absolute Gasteiger partial charge is 0.326 e. The summed E-state index contributed by atoms with van der Waals surface area (Å²) in [6, 6.07) is -0.986. The molecule has 2 rings (SSSR count). The molecule has 1 aromatic rings. The molecule has 0 bridgehead atoms. The third-order valence-corrected chi connectivity index (χ3v) is 2.98. The Morgan fingerprint density at radius 2 is 2.26 bits per heavy atom. The number of hydrogen-bond donors (Lipinski definition) is 3. The van der Waals surface area contributed by atoms with E-state index in [-0.39, 0.29) is 26.1 Å². The summed E-state index contributed by atoms with van der Waals surface area (Å²) in [5, 5.41) is 25.9. The lowest BCUT2D eigenvalue weighted by Crippen LogP contribution is -2.42. The van der Waals surface area contributed by atoms with Crippen molar-refractivity contribution in [2.75, 3.05) is 6.54 Å². The predicted octanol–water partition coefficient (Wildman–Crippen LogP) is -2.22. The Balaban J connectivity index is 2.04. The monoisotopic (exact) mass is 269 g/mol. The van der Waals surface area contributed by atoms with Crippen LogP contribution in [0.1, 0.15) is 12.1 Å². The molecule has 2 atom stereocenters. The Hall–Kier alpha value is -2.00. The number of aromatic nitrogens is 3. The average Bonchev–Trinajstić information content (AvgIpc) is 2.95. The van der Waals surface area contributed by atoms with Gasteiger partial charge in [-0.25, -0.2) is 9.48 Å². The summed E-state index contributed by atoms with van der Waals surface area (Å²) < 4.78 is 1.30. The molecule has 0 aliphatic carbocycles. The van der Waals surface area contributed by atoms with Crippen molar-refractivity contribution in [3.8, 4) is 0 Å². The van der Waals surface area contributed by atoms with Crippen LogP contribution in [0.4, 0.5) is 0 Å². The number of carbonyl (C=O) groups excluding carboxylic acids is 1. The van der Waals surface area contributed by atoms with E-state index in [0.29, 0.717) is 5.69 Å². The first-order valence-corrected chi connectivity index (χ1v) is 5.80. The molecular weight excluding hydrogens is 254 g/mol. The molecule has 1 saturated heterocycles. The van der Waals surface area contributed by atoms with Crippen LogP contribution in [0, 0.1) is 0 Å². The number of carboxylic acid groups (broad SMARTS) is 1. The first kappa shape index (κ1) is 13.4. The molecule has 1 amide bonds. The molecule has 1 unspecified atom stereocenters. The molecule has 0 aromatic carbocycles. The molecule has 0 saturated carbocycles. The van der Waals surface area contributed by atoms with Crippen molar-refractivity contribution in [2.24, 2.45) is 5.73 Å². The van der Waals surface area contributed by atoms with Gasteiger partial charge in [0.2, 0.25) is 5.91 Å². The van der Waals surface area contributed by atoms with E-state index >= 15 is 0 Å². The number of aliphatic hydroxyl groups excluding tert-OH is 1. The highest BCUT2D eigenvalue weighted by molar-refractivity contribution is 5.84. The van der Waals surface area contributed by atoms with Gasteiger partial charge in [-0.2, -0.15) is 0 Å². The Kier molecular flexibility index (Phi) is 3.76. The highest BCUT2D eigenvalue weighted by atomic mass is 16.4. The van der Waals surface area contributed by atoms with Crippen LogP contribution in [-0.4, -0.2) is 60.7 Å². The summed E-state index contributed by atoms with van der Waals surface area (Å²) in [5.74, 6) is -1.54. The Morgan fingerprint density at radius 1 is 1.53 bits per heavy atom. The quantitative estimate of drug-likeness (QED) is 0.563. The van der Waals surface area contributed by atoms with Gasteiger partial charge in [0.1, 0.15) is 12.6 Å². The van der Waals surface area contributed by atoms with E-state index in [2.05, 4.69) is 10.3 Å². The van der Waals surface area contributed by atoms with E-state index in [1.807, 2.05) is 0 Å². The topological polar surface area (TPSA) is 135 Å². The number of hydrogen-bond acceptors (Lipinski definition) is 6. The fourth-order valence-electron chi connectivity index (χ4n) is 2.06. The van der Waals surface area contributed by atoms with E-state index in [1.165, 1.54) is 10.9 Å². The largest absolute Gasteiger partial charge is 0.480 e. The molecule has 104 valence electrons. The first-order valence-electron chi connectivity index (χ1n) is 5.80. The van der Waals surface area contributed by atoms with Crippen molar-refractivity contribution in [1.82, 2.24) is 19.9 Å². The zero-order chi connectivity index (χ0) is 14.0. The van der Waals surface area contributed by atoms with Gasteiger partial charge >= 0.3 is 5.97 Å². The second kappa shape index (κ2) is 5.33. The first-order chi connectivity index (χ1) is 9.01. The van der Waals surface area contributed by atoms with Crippen molar-refractivity contribution in [1.29, 1.82) is 0 Å². The van der Waals surface area contributed by atoms with Crippen molar-refractivity contribution < 1.29 is 19.8 Å². The van der Waals surface area contributed by atoms with E-state index in [1.54, 1.807) is 0 Å². The van der Waals surface area contributed by atoms with Gasteiger partial charge in [0.25, 0.3) is 0 Å². The maximum absolute atomic E-state index is 12.0. The summed E-state index contributed by atoms with van der Waals surface area (Å²) in [6.07, 6.45) is 0.771. The van der Waals surface area contributed by atoms with Crippen molar-refractivity contribution in [2.45, 2.75) is 31.7 Å². The van der Waals surface area contributed by atoms with Crippen LogP contribution in [-0.2, 0) is 22.7 Å². The lowest BCUT2D eigenvalue weighted by molar-refractivity contribution is -0.148. The zero-order valence-electron chi connectivity index (χ0n) is 10.1. The minimum Gasteiger partial charge on any atom is -0.480 e. The molecule has 4 N–H and O–H groups in total. The van der Waals surface area contributed by atoms with Gasteiger partial charge in [0.05, 0.1) is 18.0 Å². The molecule has 2 heterocycles. The van der Waals surface area contributed by atoms with Gasteiger partial charge in [-0.15, -0.1) is 5.10 Å². The lowest BCUT2D eigenvalue weighted by Gasteiger charge is -2.20.